The molecular weight excluding hydrogens is 110 g/mol. The minimum Gasteiger partial charge on any atom is -0.365 e. The molecule has 0 bridgehead atoms. The third-order valence-electron chi connectivity index (χ3n) is 1.06. The molecule has 0 aliphatic heterocycles. The van der Waals surface area contributed by atoms with E-state index in [1.54, 1.807) is 12.4 Å². The number of aromatic nitrogens is 1. The molecule has 1 rings (SSSR count). The van der Waals surface area contributed by atoms with Gasteiger partial charge >= 0.3 is 0 Å². The van der Waals surface area contributed by atoms with E-state index in [0.717, 1.165) is 11.1 Å². The number of nitrogens with one attached hydrogen (secondary N) is 1. The van der Waals surface area contributed by atoms with Crippen LogP contribution in [0, 0.1) is 24.7 Å². The van der Waals surface area contributed by atoms with Crippen LogP contribution in [0.2, 0.25) is 0 Å². The van der Waals surface area contributed by atoms with Gasteiger partial charge in [-0.05, 0) is 0 Å². The maximum absolute atomic E-state index is 5.11. The lowest BCUT2D eigenvalue weighted by Crippen LogP contribution is -1.70. The third-order valence-corrected chi connectivity index (χ3v) is 1.06. The van der Waals surface area contributed by atoms with Crippen molar-refractivity contribution in [3.8, 4) is 24.7 Å². The number of terminal acetylenes is 2. The Balaban J connectivity index is 3.22. The number of hydrogen-bond donors (Lipinski definition) is 1. The van der Waals surface area contributed by atoms with Crippen LogP contribution in [0.4, 0.5) is 0 Å². The molecule has 42 valence electrons. The van der Waals surface area contributed by atoms with E-state index in [-0.39, 0.29) is 0 Å². The summed E-state index contributed by atoms with van der Waals surface area (Å²) in [6, 6.07) is 0. The highest BCUT2D eigenvalue weighted by atomic mass is 14.6. The lowest BCUT2D eigenvalue weighted by molar-refractivity contribution is 1.41. The van der Waals surface area contributed by atoms with Gasteiger partial charge in [-0.1, -0.05) is 11.8 Å². The third kappa shape index (κ3) is 0.806. The molecule has 0 spiro atoms. The van der Waals surface area contributed by atoms with Gasteiger partial charge in [0.1, 0.15) is 0 Å². The van der Waals surface area contributed by atoms with Gasteiger partial charge in [0.15, 0.2) is 0 Å². The number of hydrogen-bond acceptors (Lipinski definition) is 0. The topological polar surface area (TPSA) is 15.8 Å². The predicted molar refractivity (Wildman–Crippen MR) is 36.7 cm³/mol. The van der Waals surface area contributed by atoms with Crippen molar-refractivity contribution >= 4 is 0 Å². The highest BCUT2D eigenvalue weighted by molar-refractivity contribution is 5.46. The van der Waals surface area contributed by atoms with E-state index in [0.29, 0.717) is 0 Å². The number of H-pyrrole nitrogens is 1. The predicted octanol–water partition coefficient (Wildman–Crippen LogP) is 0.977. The average molecular weight is 115 g/mol. The van der Waals surface area contributed by atoms with Crippen LogP contribution in [0.15, 0.2) is 12.4 Å². The number of aromatic amines is 1. The molecule has 0 saturated heterocycles. The van der Waals surface area contributed by atoms with Gasteiger partial charge in [-0.15, -0.1) is 12.8 Å². The van der Waals surface area contributed by atoms with E-state index in [1.165, 1.54) is 0 Å². The second-order valence-corrected chi connectivity index (χ2v) is 1.57. The largest absolute Gasteiger partial charge is 0.365 e. The van der Waals surface area contributed by atoms with Crippen LogP contribution in [-0.4, -0.2) is 4.98 Å². The minimum absolute atomic E-state index is 0.748. The lowest BCUT2D eigenvalue weighted by atomic mass is 10.2. The van der Waals surface area contributed by atoms with Crippen LogP contribution < -0.4 is 0 Å². The molecule has 0 radical (unpaired) electrons. The molecule has 0 unspecified atom stereocenters. The molecule has 0 amide bonds. The van der Waals surface area contributed by atoms with Gasteiger partial charge < -0.3 is 4.98 Å². The standard InChI is InChI=1S/C8H5N/c1-3-7-5-9-6-8(7)4-2/h1-2,5-6,9H. The Bertz CT molecular complexity index is 252. The first-order valence-electron chi connectivity index (χ1n) is 2.48. The lowest BCUT2D eigenvalue weighted by Gasteiger charge is -1.79. The molecule has 0 aliphatic rings. The molecule has 1 aromatic rings. The zero-order valence-corrected chi connectivity index (χ0v) is 4.81. The highest BCUT2D eigenvalue weighted by Gasteiger charge is 1.93. The van der Waals surface area contributed by atoms with E-state index >= 15 is 0 Å². The quantitative estimate of drug-likeness (QED) is 0.485. The summed E-state index contributed by atoms with van der Waals surface area (Å²) in [5, 5.41) is 0. The van der Waals surface area contributed by atoms with Crippen molar-refractivity contribution in [1.29, 1.82) is 0 Å². The van der Waals surface area contributed by atoms with Crippen molar-refractivity contribution in [2.45, 2.75) is 0 Å². The molecule has 1 N–H and O–H groups in total. The van der Waals surface area contributed by atoms with Crippen LogP contribution in [0.3, 0.4) is 0 Å². The summed E-state index contributed by atoms with van der Waals surface area (Å²) < 4.78 is 0. The summed E-state index contributed by atoms with van der Waals surface area (Å²) >= 11 is 0. The van der Waals surface area contributed by atoms with Crippen LogP contribution in [-0.2, 0) is 0 Å². The van der Waals surface area contributed by atoms with Crippen LogP contribution in [0.1, 0.15) is 11.1 Å². The summed E-state index contributed by atoms with van der Waals surface area (Å²) in [7, 11) is 0. The Morgan fingerprint density at radius 1 is 1.11 bits per heavy atom. The van der Waals surface area contributed by atoms with Crippen LogP contribution >= 0.6 is 0 Å². The SMILES string of the molecule is C#Cc1c[nH]cc1C#C. The van der Waals surface area contributed by atoms with Gasteiger partial charge in [-0.25, -0.2) is 0 Å². The minimum atomic E-state index is 0.748. The normalized spacial score (nSPS) is 7.78. The van der Waals surface area contributed by atoms with Gasteiger partial charge in [0.2, 0.25) is 0 Å². The van der Waals surface area contributed by atoms with Gasteiger partial charge in [0.05, 0.1) is 11.1 Å². The van der Waals surface area contributed by atoms with Crippen molar-refractivity contribution < 1.29 is 0 Å². The molecule has 1 heteroatoms. The average Bonchev–Trinajstić information content (AvgIpc) is 2.33. The smallest absolute Gasteiger partial charge is 0.0573 e. The summed E-state index contributed by atoms with van der Waals surface area (Å²) in [4.78, 5) is 2.82. The maximum Gasteiger partial charge on any atom is 0.0573 e. The van der Waals surface area contributed by atoms with Crippen LogP contribution in [0.25, 0.3) is 0 Å². The molecule has 1 aromatic heterocycles. The molecule has 0 aliphatic carbocycles. The zero-order valence-electron chi connectivity index (χ0n) is 4.81. The monoisotopic (exact) mass is 115 g/mol. The van der Waals surface area contributed by atoms with E-state index in [4.69, 9.17) is 12.8 Å². The summed E-state index contributed by atoms with van der Waals surface area (Å²) in [5.41, 5.74) is 1.50. The van der Waals surface area contributed by atoms with Gasteiger partial charge in [0.25, 0.3) is 0 Å². The second kappa shape index (κ2) is 2.11. The van der Waals surface area contributed by atoms with Gasteiger partial charge in [-0.3, -0.25) is 0 Å². The van der Waals surface area contributed by atoms with Crippen LogP contribution in [0.5, 0.6) is 0 Å². The molecule has 0 atom stereocenters. The van der Waals surface area contributed by atoms with Crippen molar-refractivity contribution in [3.05, 3.63) is 23.5 Å². The highest BCUT2D eigenvalue weighted by Crippen LogP contribution is 2.02. The summed E-state index contributed by atoms with van der Waals surface area (Å²) in [6.07, 6.45) is 13.6. The van der Waals surface area contributed by atoms with Gasteiger partial charge in [0, 0.05) is 12.4 Å². The van der Waals surface area contributed by atoms with Crippen molar-refractivity contribution in [1.82, 2.24) is 4.98 Å². The Morgan fingerprint density at radius 3 is 1.89 bits per heavy atom. The molecule has 9 heavy (non-hydrogen) atoms. The molecular formula is C8H5N. The van der Waals surface area contributed by atoms with E-state index < -0.39 is 0 Å². The summed E-state index contributed by atoms with van der Waals surface area (Å²) in [6.45, 7) is 0. The first-order valence-corrected chi connectivity index (χ1v) is 2.48. The van der Waals surface area contributed by atoms with Crippen molar-refractivity contribution in [2.75, 3.05) is 0 Å². The fourth-order valence-corrected chi connectivity index (χ4v) is 0.603. The van der Waals surface area contributed by atoms with Gasteiger partial charge in [-0.2, -0.15) is 0 Å². The second-order valence-electron chi connectivity index (χ2n) is 1.57. The fourth-order valence-electron chi connectivity index (χ4n) is 0.603. The zero-order chi connectivity index (χ0) is 6.69. The van der Waals surface area contributed by atoms with E-state index in [2.05, 4.69) is 16.8 Å². The molecule has 1 nitrogen and oxygen atoms in total. The Kier molecular flexibility index (Phi) is 1.30. The molecule has 0 aromatic carbocycles. The first-order chi connectivity index (χ1) is 4.38. The molecule has 0 fully saturated rings. The maximum atomic E-state index is 5.11. The Labute approximate surface area is 54.1 Å². The number of rotatable bonds is 0. The van der Waals surface area contributed by atoms with E-state index in [9.17, 15) is 0 Å². The van der Waals surface area contributed by atoms with Crippen molar-refractivity contribution in [2.24, 2.45) is 0 Å². The summed E-state index contributed by atoms with van der Waals surface area (Å²) in [5.74, 6) is 4.91. The molecule has 1 heterocycles. The first kappa shape index (κ1) is 5.54. The molecule has 0 saturated carbocycles. The Morgan fingerprint density at radius 2 is 1.56 bits per heavy atom. The van der Waals surface area contributed by atoms with Crippen molar-refractivity contribution in [3.63, 3.8) is 0 Å². The van der Waals surface area contributed by atoms with E-state index in [1.807, 2.05) is 0 Å². The Hall–Kier alpha value is -1.60. The fraction of sp³-hybridized carbons (Fsp3) is 0.